The van der Waals surface area contributed by atoms with Crippen molar-refractivity contribution in [2.45, 2.75) is 13.1 Å². The van der Waals surface area contributed by atoms with Gasteiger partial charge in [0.1, 0.15) is 5.02 Å². The van der Waals surface area contributed by atoms with E-state index in [2.05, 4.69) is 41.6 Å². The first-order valence-electron chi connectivity index (χ1n) is 7.76. The molecule has 0 bridgehead atoms. The van der Waals surface area contributed by atoms with Gasteiger partial charge in [0.05, 0.1) is 31.2 Å². The molecule has 0 spiro atoms. The summed E-state index contributed by atoms with van der Waals surface area (Å²) in [6, 6.07) is 2.52. The van der Waals surface area contributed by atoms with Crippen molar-refractivity contribution >= 4 is 45.0 Å². The Morgan fingerprint density at radius 1 is 1.26 bits per heavy atom. The molecule has 1 aromatic carbocycles. The summed E-state index contributed by atoms with van der Waals surface area (Å²) in [6.45, 7) is 0.316. The van der Waals surface area contributed by atoms with Gasteiger partial charge in [-0.3, -0.25) is 4.68 Å². The summed E-state index contributed by atoms with van der Waals surface area (Å²) in [5.41, 5.74) is 0.744. The lowest BCUT2D eigenvalue weighted by molar-refractivity contribution is 0.269. The predicted molar refractivity (Wildman–Crippen MR) is 101 cm³/mol. The second kappa shape index (κ2) is 8.59. The minimum atomic E-state index is -0.947. The van der Waals surface area contributed by atoms with E-state index in [0.29, 0.717) is 16.7 Å². The van der Waals surface area contributed by atoms with Crippen molar-refractivity contribution in [1.29, 1.82) is 0 Å². The van der Waals surface area contributed by atoms with E-state index in [1.54, 1.807) is 17.1 Å². The fourth-order valence-electron chi connectivity index (χ4n) is 2.25. The molecular formula is C16H14BrClF2N6O. The zero-order valence-corrected chi connectivity index (χ0v) is 16.1. The molecule has 3 aromatic rings. The Morgan fingerprint density at radius 3 is 2.85 bits per heavy atom. The standard InChI is InChI=1S/C16H14BrClF2N6O/c17-10-3-9(14(20)13(19)4-10)5-21-15-12(18)7-22-16(25-15)24-11-6-23-26(8-11)1-2-27/h3-4,6-8,27H,1-2,5H2,(H2,21,22,24,25). The SMILES string of the molecule is OCCn1cc(Nc2ncc(Cl)c(NCc3cc(Br)cc(F)c3F)n2)cn1. The molecule has 7 nitrogen and oxygen atoms in total. The molecule has 0 unspecified atom stereocenters. The average Bonchev–Trinajstić information content (AvgIpc) is 3.06. The molecule has 3 N–H and O–H groups in total. The third-order valence-electron chi connectivity index (χ3n) is 3.48. The van der Waals surface area contributed by atoms with Gasteiger partial charge in [-0.05, 0) is 12.1 Å². The molecule has 0 saturated carbocycles. The molecule has 0 saturated heterocycles. The molecule has 0 aliphatic heterocycles. The molecule has 2 heterocycles. The van der Waals surface area contributed by atoms with Crippen LogP contribution in [0, 0.1) is 11.6 Å². The number of benzene rings is 1. The van der Waals surface area contributed by atoms with Gasteiger partial charge in [0.15, 0.2) is 17.5 Å². The van der Waals surface area contributed by atoms with E-state index in [-0.39, 0.29) is 35.5 Å². The zero-order chi connectivity index (χ0) is 19.4. The molecule has 0 radical (unpaired) electrons. The van der Waals surface area contributed by atoms with Crippen molar-refractivity contribution in [2.24, 2.45) is 0 Å². The molecule has 11 heteroatoms. The van der Waals surface area contributed by atoms with Crippen LogP contribution in [0.5, 0.6) is 0 Å². The first kappa shape index (κ1) is 19.5. The summed E-state index contributed by atoms with van der Waals surface area (Å²) in [5, 5.41) is 19.0. The topological polar surface area (TPSA) is 87.9 Å². The van der Waals surface area contributed by atoms with Gasteiger partial charge < -0.3 is 15.7 Å². The Labute approximate surface area is 166 Å². The van der Waals surface area contributed by atoms with Crippen LogP contribution in [0.3, 0.4) is 0 Å². The molecule has 0 fully saturated rings. The van der Waals surface area contributed by atoms with E-state index < -0.39 is 11.6 Å². The van der Waals surface area contributed by atoms with Crippen LogP contribution < -0.4 is 10.6 Å². The summed E-state index contributed by atoms with van der Waals surface area (Å²) in [4.78, 5) is 8.30. The maximum absolute atomic E-state index is 13.9. The van der Waals surface area contributed by atoms with E-state index in [4.69, 9.17) is 16.7 Å². The van der Waals surface area contributed by atoms with Crippen molar-refractivity contribution < 1.29 is 13.9 Å². The number of aromatic nitrogens is 4. The third-order valence-corrected chi connectivity index (χ3v) is 4.21. The molecule has 3 rings (SSSR count). The number of hydrogen-bond acceptors (Lipinski definition) is 6. The molecule has 0 aliphatic rings. The molecule has 2 aromatic heterocycles. The zero-order valence-electron chi connectivity index (χ0n) is 13.8. The van der Waals surface area contributed by atoms with Crippen LogP contribution in [0.2, 0.25) is 5.02 Å². The number of aliphatic hydroxyl groups excluding tert-OH is 1. The van der Waals surface area contributed by atoms with Crippen LogP contribution in [0.25, 0.3) is 0 Å². The number of hydrogen-bond donors (Lipinski definition) is 3. The lowest BCUT2D eigenvalue weighted by Gasteiger charge is -2.10. The van der Waals surface area contributed by atoms with Gasteiger partial charge in [0.2, 0.25) is 5.95 Å². The van der Waals surface area contributed by atoms with E-state index in [1.807, 2.05) is 0 Å². The Hall–Kier alpha value is -2.30. The quantitative estimate of drug-likeness (QED) is 0.467. The smallest absolute Gasteiger partial charge is 0.229 e. The average molecular weight is 460 g/mol. The van der Waals surface area contributed by atoms with Crippen molar-refractivity contribution in [3.8, 4) is 0 Å². The minimum Gasteiger partial charge on any atom is -0.394 e. The van der Waals surface area contributed by atoms with E-state index in [9.17, 15) is 8.78 Å². The number of aliphatic hydroxyl groups is 1. The van der Waals surface area contributed by atoms with Crippen LogP contribution in [0.15, 0.2) is 35.2 Å². The van der Waals surface area contributed by atoms with Crippen LogP contribution in [-0.2, 0) is 13.1 Å². The van der Waals surface area contributed by atoms with Crippen molar-refractivity contribution in [2.75, 3.05) is 17.2 Å². The lowest BCUT2D eigenvalue weighted by Crippen LogP contribution is -2.07. The largest absolute Gasteiger partial charge is 0.394 e. The second-order valence-electron chi connectivity index (χ2n) is 5.45. The van der Waals surface area contributed by atoms with Crippen molar-refractivity contribution in [3.63, 3.8) is 0 Å². The first-order valence-corrected chi connectivity index (χ1v) is 8.93. The summed E-state index contributed by atoms with van der Waals surface area (Å²) < 4.78 is 29.3. The van der Waals surface area contributed by atoms with Gasteiger partial charge >= 0.3 is 0 Å². The molecule has 142 valence electrons. The van der Waals surface area contributed by atoms with Gasteiger partial charge in [-0.15, -0.1) is 0 Å². The monoisotopic (exact) mass is 458 g/mol. The fraction of sp³-hybridized carbons (Fsp3) is 0.188. The van der Waals surface area contributed by atoms with E-state index in [1.165, 1.54) is 12.3 Å². The number of nitrogens with zero attached hydrogens (tertiary/aromatic N) is 4. The molecule has 0 atom stereocenters. The first-order chi connectivity index (χ1) is 13.0. The van der Waals surface area contributed by atoms with Crippen molar-refractivity contribution in [3.05, 3.63) is 57.4 Å². The van der Waals surface area contributed by atoms with E-state index >= 15 is 0 Å². The maximum Gasteiger partial charge on any atom is 0.229 e. The summed E-state index contributed by atoms with van der Waals surface area (Å²) in [6.07, 6.45) is 4.62. The highest BCUT2D eigenvalue weighted by Crippen LogP contribution is 2.24. The maximum atomic E-state index is 13.9. The highest BCUT2D eigenvalue weighted by atomic mass is 79.9. The molecule has 0 aliphatic carbocycles. The van der Waals surface area contributed by atoms with Crippen LogP contribution in [-0.4, -0.2) is 31.5 Å². The van der Waals surface area contributed by atoms with Gasteiger partial charge in [-0.2, -0.15) is 10.1 Å². The van der Waals surface area contributed by atoms with E-state index in [0.717, 1.165) is 6.07 Å². The number of halogens is 4. The van der Waals surface area contributed by atoms with Crippen LogP contribution >= 0.6 is 27.5 Å². The minimum absolute atomic E-state index is 0.0210. The molecule has 27 heavy (non-hydrogen) atoms. The molecular weight excluding hydrogens is 446 g/mol. The second-order valence-corrected chi connectivity index (χ2v) is 6.77. The predicted octanol–water partition coefficient (Wildman–Crippen LogP) is 3.72. The molecule has 0 amide bonds. The summed E-state index contributed by atoms with van der Waals surface area (Å²) >= 11 is 9.21. The Balaban J connectivity index is 1.73. The van der Waals surface area contributed by atoms with Crippen LogP contribution in [0.4, 0.5) is 26.2 Å². The Bertz CT molecular complexity index is 955. The third kappa shape index (κ3) is 4.90. The fourth-order valence-corrected chi connectivity index (χ4v) is 2.89. The highest BCUT2D eigenvalue weighted by Gasteiger charge is 2.12. The van der Waals surface area contributed by atoms with Crippen LogP contribution in [0.1, 0.15) is 5.56 Å². The number of anilines is 3. The number of rotatable bonds is 7. The normalized spacial score (nSPS) is 10.9. The van der Waals surface area contributed by atoms with Gasteiger partial charge in [0, 0.05) is 22.8 Å². The Morgan fingerprint density at radius 2 is 2.07 bits per heavy atom. The summed E-state index contributed by atoms with van der Waals surface area (Å²) in [7, 11) is 0. The number of nitrogens with one attached hydrogen (secondary N) is 2. The van der Waals surface area contributed by atoms with Gasteiger partial charge in [-0.25, -0.2) is 13.8 Å². The lowest BCUT2D eigenvalue weighted by atomic mass is 10.2. The Kier molecular flexibility index (Phi) is 6.19. The van der Waals surface area contributed by atoms with Gasteiger partial charge in [-0.1, -0.05) is 27.5 Å². The summed E-state index contributed by atoms with van der Waals surface area (Å²) in [5.74, 6) is -1.38. The van der Waals surface area contributed by atoms with Gasteiger partial charge in [0.25, 0.3) is 0 Å². The highest BCUT2D eigenvalue weighted by molar-refractivity contribution is 9.10. The van der Waals surface area contributed by atoms with Crippen molar-refractivity contribution in [1.82, 2.24) is 19.7 Å².